The average Bonchev–Trinajstić information content (AvgIpc) is 3.05. The fraction of sp³-hybridized carbons (Fsp3) is 0.333. The summed E-state index contributed by atoms with van der Waals surface area (Å²) in [6.45, 7) is 7.44. The van der Waals surface area contributed by atoms with E-state index in [9.17, 15) is 9.18 Å². The molecule has 122 valence electrons. The third-order valence-corrected chi connectivity index (χ3v) is 3.86. The first-order valence-electron chi connectivity index (χ1n) is 7.60. The summed E-state index contributed by atoms with van der Waals surface area (Å²) in [5, 5.41) is 8.34. The van der Waals surface area contributed by atoms with Crippen LogP contribution in [0.3, 0.4) is 0 Å². The Hall–Kier alpha value is -2.61. The zero-order valence-electron chi connectivity index (χ0n) is 13.6. The molecule has 1 aromatic carbocycles. The van der Waals surface area contributed by atoms with E-state index in [1.165, 1.54) is 17.2 Å². The number of carbonyl (C=O) groups is 1. The standard InChI is InChI=1S/C10H14N2O.C8H6FN.H2/c1-3-4-12-6-8-7(2)5-11-9(8)10(12)13;1-6-2-3-7(5-10)4-8(6)9;/h5,11H,3-4,6H2,1-2H3;2-4H,1H3;1H. The molecule has 2 aromatic rings. The summed E-state index contributed by atoms with van der Waals surface area (Å²) in [4.78, 5) is 16.6. The molecule has 1 aliphatic heterocycles. The van der Waals surface area contributed by atoms with E-state index in [0.29, 0.717) is 11.1 Å². The molecule has 5 heteroatoms. The third kappa shape index (κ3) is 3.59. The second kappa shape index (κ2) is 7.10. The molecular weight excluding hydrogens is 293 g/mol. The molecule has 0 saturated heterocycles. The Balaban J connectivity index is 0.000000238. The number of halogens is 1. The minimum absolute atomic E-state index is 0. The Bertz CT molecular complexity index is 764. The summed E-state index contributed by atoms with van der Waals surface area (Å²) in [6.07, 6.45) is 2.93. The number of aromatic nitrogens is 1. The van der Waals surface area contributed by atoms with E-state index in [0.717, 1.165) is 25.2 Å². The smallest absolute Gasteiger partial charge is 0.270 e. The van der Waals surface area contributed by atoms with Gasteiger partial charge in [0.15, 0.2) is 0 Å². The molecule has 4 nitrogen and oxygen atoms in total. The minimum atomic E-state index is -0.320. The number of hydrogen-bond donors (Lipinski definition) is 1. The van der Waals surface area contributed by atoms with Crippen molar-refractivity contribution in [3.8, 4) is 6.07 Å². The van der Waals surface area contributed by atoms with E-state index >= 15 is 0 Å². The number of fused-ring (bicyclic) bond motifs is 1. The molecule has 1 amide bonds. The van der Waals surface area contributed by atoms with Crippen LogP contribution in [-0.2, 0) is 6.54 Å². The Kier molecular flexibility index (Phi) is 5.17. The fourth-order valence-electron chi connectivity index (χ4n) is 2.48. The molecule has 0 spiro atoms. The van der Waals surface area contributed by atoms with E-state index in [1.807, 2.05) is 24.1 Å². The van der Waals surface area contributed by atoms with E-state index in [-0.39, 0.29) is 13.2 Å². The Labute approximate surface area is 137 Å². The number of aryl methyl sites for hydroxylation is 2. The van der Waals surface area contributed by atoms with Crippen molar-refractivity contribution in [3.63, 3.8) is 0 Å². The van der Waals surface area contributed by atoms with Gasteiger partial charge in [-0.15, -0.1) is 0 Å². The van der Waals surface area contributed by atoms with Crippen LogP contribution in [-0.4, -0.2) is 22.3 Å². The van der Waals surface area contributed by atoms with E-state index in [1.54, 1.807) is 19.1 Å². The quantitative estimate of drug-likeness (QED) is 0.912. The van der Waals surface area contributed by atoms with Gasteiger partial charge in [0.2, 0.25) is 0 Å². The number of carbonyl (C=O) groups excluding carboxylic acids is 1. The Morgan fingerprint density at radius 2 is 2.13 bits per heavy atom. The first kappa shape index (κ1) is 16.8. The number of amides is 1. The fourth-order valence-corrected chi connectivity index (χ4v) is 2.48. The predicted molar refractivity (Wildman–Crippen MR) is 88.5 cm³/mol. The van der Waals surface area contributed by atoms with Gasteiger partial charge in [-0.05, 0) is 43.5 Å². The number of aromatic amines is 1. The molecule has 0 bridgehead atoms. The largest absolute Gasteiger partial charge is 0.357 e. The molecule has 0 atom stereocenters. The van der Waals surface area contributed by atoms with Crippen LogP contribution >= 0.6 is 0 Å². The molecule has 1 aromatic heterocycles. The van der Waals surface area contributed by atoms with Crippen molar-refractivity contribution in [1.82, 2.24) is 9.88 Å². The van der Waals surface area contributed by atoms with Gasteiger partial charge in [0.25, 0.3) is 5.91 Å². The number of benzene rings is 1. The van der Waals surface area contributed by atoms with Crippen LogP contribution in [0.2, 0.25) is 0 Å². The number of hydrogen-bond acceptors (Lipinski definition) is 2. The minimum Gasteiger partial charge on any atom is -0.357 e. The topological polar surface area (TPSA) is 59.9 Å². The Morgan fingerprint density at radius 3 is 2.70 bits per heavy atom. The van der Waals surface area contributed by atoms with Crippen molar-refractivity contribution in [1.29, 1.82) is 5.26 Å². The summed E-state index contributed by atoms with van der Waals surface area (Å²) >= 11 is 0. The summed E-state index contributed by atoms with van der Waals surface area (Å²) in [5.74, 6) is -0.163. The van der Waals surface area contributed by atoms with Crippen molar-refractivity contribution in [3.05, 3.63) is 58.2 Å². The van der Waals surface area contributed by atoms with Crippen molar-refractivity contribution < 1.29 is 10.6 Å². The summed E-state index contributed by atoms with van der Waals surface area (Å²) in [7, 11) is 0. The van der Waals surface area contributed by atoms with Gasteiger partial charge in [-0.3, -0.25) is 4.79 Å². The molecule has 1 aliphatic rings. The van der Waals surface area contributed by atoms with Gasteiger partial charge in [-0.25, -0.2) is 4.39 Å². The zero-order chi connectivity index (χ0) is 17.0. The van der Waals surface area contributed by atoms with Crippen LogP contribution in [0.5, 0.6) is 0 Å². The molecule has 0 radical (unpaired) electrons. The van der Waals surface area contributed by atoms with Gasteiger partial charge in [0.05, 0.1) is 11.6 Å². The lowest BCUT2D eigenvalue weighted by Crippen LogP contribution is -2.25. The molecule has 0 saturated carbocycles. The SMILES string of the molecule is CCCN1Cc2c(C)c[nH]c2C1=O.Cc1ccc(C#N)cc1F.[HH]. The van der Waals surface area contributed by atoms with Crippen LogP contribution in [0.15, 0.2) is 24.4 Å². The summed E-state index contributed by atoms with van der Waals surface area (Å²) < 4.78 is 12.6. The van der Waals surface area contributed by atoms with Crippen molar-refractivity contribution in [2.75, 3.05) is 6.54 Å². The van der Waals surface area contributed by atoms with Crippen molar-refractivity contribution in [2.45, 2.75) is 33.7 Å². The van der Waals surface area contributed by atoms with Crippen LogP contribution in [0.4, 0.5) is 4.39 Å². The van der Waals surface area contributed by atoms with Gasteiger partial charge in [0, 0.05) is 26.3 Å². The molecular formula is C18H22FN3O. The number of nitrogens with zero attached hydrogens (tertiary/aromatic N) is 2. The number of nitrogens with one attached hydrogen (secondary N) is 1. The van der Waals surface area contributed by atoms with Gasteiger partial charge >= 0.3 is 0 Å². The number of nitriles is 1. The highest BCUT2D eigenvalue weighted by Crippen LogP contribution is 2.24. The normalized spacial score (nSPS) is 12.5. The summed E-state index contributed by atoms with van der Waals surface area (Å²) in [5.41, 5.74) is 4.11. The number of H-pyrrole nitrogens is 1. The monoisotopic (exact) mass is 315 g/mol. The van der Waals surface area contributed by atoms with E-state index in [4.69, 9.17) is 5.26 Å². The van der Waals surface area contributed by atoms with Crippen LogP contribution in [0, 0.1) is 31.0 Å². The molecule has 0 unspecified atom stereocenters. The predicted octanol–water partition coefficient (Wildman–Crippen LogP) is 3.94. The molecule has 0 fully saturated rings. The highest BCUT2D eigenvalue weighted by molar-refractivity contribution is 5.97. The van der Waals surface area contributed by atoms with Gasteiger partial charge in [-0.1, -0.05) is 13.0 Å². The molecule has 3 rings (SSSR count). The van der Waals surface area contributed by atoms with E-state index < -0.39 is 0 Å². The number of rotatable bonds is 2. The van der Waals surface area contributed by atoms with Gasteiger partial charge in [0.1, 0.15) is 11.5 Å². The van der Waals surface area contributed by atoms with Gasteiger partial charge in [-0.2, -0.15) is 5.26 Å². The molecule has 23 heavy (non-hydrogen) atoms. The van der Waals surface area contributed by atoms with Crippen LogP contribution < -0.4 is 0 Å². The van der Waals surface area contributed by atoms with Crippen LogP contribution in [0.1, 0.15) is 47.5 Å². The molecule has 1 N–H and O–H groups in total. The highest BCUT2D eigenvalue weighted by atomic mass is 19.1. The van der Waals surface area contributed by atoms with Gasteiger partial charge < -0.3 is 9.88 Å². The lowest BCUT2D eigenvalue weighted by atomic mass is 10.1. The van der Waals surface area contributed by atoms with Crippen molar-refractivity contribution >= 4 is 5.91 Å². The lowest BCUT2D eigenvalue weighted by Gasteiger charge is -2.13. The first-order valence-corrected chi connectivity index (χ1v) is 7.60. The average molecular weight is 315 g/mol. The highest BCUT2D eigenvalue weighted by Gasteiger charge is 2.29. The molecule has 0 aliphatic carbocycles. The second-order valence-corrected chi connectivity index (χ2v) is 5.63. The Morgan fingerprint density at radius 1 is 1.39 bits per heavy atom. The maximum atomic E-state index is 12.6. The second-order valence-electron chi connectivity index (χ2n) is 5.63. The maximum Gasteiger partial charge on any atom is 0.270 e. The summed E-state index contributed by atoms with van der Waals surface area (Å²) in [6, 6.07) is 6.27. The zero-order valence-corrected chi connectivity index (χ0v) is 13.6. The first-order chi connectivity index (χ1) is 11.0. The van der Waals surface area contributed by atoms with E-state index in [2.05, 4.69) is 11.9 Å². The van der Waals surface area contributed by atoms with Crippen LogP contribution in [0.25, 0.3) is 0 Å². The maximum absolute atomic E-state index is 12.6. The lowest BCUT2D eigenvalue weighted by molar-refractivity contribution is 0.0773. The molecule has 2 heterocycles. The van der Waals surface area contributed by atoms with Crippen molar-refractivity contribution in [2.24, 2.45) is 0 Å². The third-order valence-electron chi connectivity index (χ3n) is 3.86.